The second-order valence-electron chi connectivity index (χ2n) is 4.78. The first kappa shape index (κ1) is 12.9. The standard InChI is InChI=1S/C14H22N2S/c1-12-10-16(7-8-17-12)11-14(9-15)13-5-3-2-4-6-13/h2-6,12,14H,7-11,15H2,1H3. The molecule has 0 bridgehead atoms. The maximum Gasteiger partial charge on any atom is 0.0147 e. The number of benzene rings is 1. The van der Waals surface area contributed by atoms with Crippen LogP contribution in [0, 0.1) is 0 Å². The van der Waals surface area contributed by atoms with E-state index >= 15 is 0 Å². The van der Waals surface area contributed by atoms with Gasteiger partial charge in [-0.1, -0.05) is 37.3 Å². The predicted molar refractivity (Wildman–Crippen MR) is 76.6 cm³/mol. The molecule has 2 nitrogen and oxygen atoms in total. The number of nitrogens with two attached hydrogens (primary N) is 1. The summed E-state index contributed by atoms with van der Waals surface area (Å²) >= 11 is 2.08. The van der Waals surface area contributed by atoms with Crippen LogP contribution in [0.25, 0.3) is 0 Å². The van der Waals surface area contributed by atoms with Gasteiger partial charge in [0.1, 0.15) is 0 Å². The van der Waals surface area contributed by atoms with E-state index in [1.54, 1.807) is 0 Å². The fourth-order valence-electron chi connectivity index (χ4n) is 2.41. The van der Waals surface area contributed by atoms with Crippen LogP contribution in [0.15, 0.2) is 30.3 Å². The molecule has 2 rings (SSSR count). The summed E-state index contributed by atoms with van der Waals surface area (Å²) in [6.45, 7) is 6.57. The third-order valence-electron chi connectivity index (χ3n) is 3.36. The van der Waals surface area contributed by atoms with Crippen molar-refractivity contribution in [3.63, 3.8) is 0 Å². The number of hydrogen-bond donors (Lipinski definition) is 1. The van der Waals surface area contributed by atoms with Crippen molar-refractivity contribution in [1.29, 1.82) is 0 Å². The van der Waals surface area contributed by atoms with E-state index in [0.29, 0.717) is 5.92 Å². The van der Waals surface area contributed by atoms with E-state index in [0.717, 1.165) is 18.3 Å². The van der Waals surface area contributed by atoms with E-state index in [9.17, 15) is 0 Å². The van der Waals surface area contributed by atoms with Gasteiger partial charge in [-0.2, -0.15) is 11.8 Å². The van der Waals surface area contributed by atoms with Crippen LogP contribution in [0.5, 0.6) is 0 Å². The Kier molecular flexibility index (Phi) is 4.89. The van der Waals surface area contributed by atoms with E-state index < -0.39 is 0 Å². The maximum atomic E-state index is 5.92. The van der Waals surface area contributed by atoms with E-state index in [1.165, 1.54) is 24.4 Å². The second kappa shape index (κ2) is 6.43. The minimum absolute atomic E-state index is 0.478. The summed E-state index contributed by atoms with van der Waals surface area (Å²) in [6.07, 6.45) is 0. The predicted octanol–water partition coefficient (Wildman–Crippen LogP) is 2.17. The van der Waals surface area contributed by atoms with Crippen molar-refractivity contribution >= 4 is 11.8 Å². The molecular weight excluding hydrogens is 228 g/mol. The fourth-order valence-corrected chi connectivity index (χ4v) is 3.49. The van der Waals surface area contributed by atoms with Gasteiger partial charge >= 0.3 is 0 Å². The molecule has 1 aliphatic heterocycles. The SMILES string of the molecule is CC1CN(CC(CN)c2ccccc2)CCS1. The highest BCUT2D eigenvalue weighted by molar-refractivity contribution is 7.99. The van der Waals surface area contributed by atoms with Gasteiger partial charge in [-0.3, -0.25) is 0 Å². The summed E-state index contributed by atoms with van der Waals surface area (Å²) in [5, 5.41) is 0.762. The van der Waals surface area contributed by atoms with Crippen molar-refractivity contribution in [2.24, 2.45) is 5.73 Å². The highest BCUT2D eigenvalue weighted by Crippen LogP contribution is 2.21. The van der Waals surface area contributed by atoms with Crippen LogP contribution in [0.3, 0.4) is 0 Å². The zero-order chi connectivity index (χ0) is 12.1. The van der Waals surface area contributed by atoms with Crippen LogP contribution in [-0.2, 0) is 0 Å². The zero-order valence-electron chi connectivity index (χ0n) is 10.5. The molecule has 0 amide bonds. The number of hydrogen-bond acceptors (Lipinski definition) is 3. The van der Waals surface area contributed by atoms with Crippen LogP contribution >= 0.6 is 11.8 Å². The Hall–Kier alpha value is -0.510. The first-order chi connectivity index (χ1) is 8.29. The van der Waals surface area contributed by atoms with Crippen LogP contribution in [0.4, 0.5) is 0 Å². The normalized spacial score (nSPS) is 23.5. The molecule has 0 spiro atoms. The first-order valence-electron chi connectivity index (χ1n) is 6.38. The molecule has 1 aliphatic rings. The molecule has 17 heavy (non-hydrogen) atoms. The van der Waals surface area contributed by atoms with Crippen molar-refractivity contribution in [2.75, 3.05) is 31.9 Å². The van der Waals surface area contributed by atoms with Crippen LogP contribution in [0.2, 0.25) is 0 Å². The zero-order valence-corrected chi connectivity index (χ0v) is 11.3. The van der Waals surface area contributed by atoms with E-state index in [1.807, 2.05) is 0 Å². The van der Waals surface area contributed by atoms with Crippen molar-refractivity contribution in [1.82, 2.24) is 4.90 Å². The Morgan fingerprint density at radius 1 is 1.41 bits per heavy atom. The smallest absolute Gasteiger partial charge is 0.0147 e. The molecule has 1 saturated heterocycles. The quantitative estimate of drug-likeness (QED) is 0.888. The Balaban J connectivity index is 1.95. The molecule has 2 unspecified atom stereocenters. The lowest BCUT2D eigenvalue weighted by Crippen LogP contribution is -2.40. The molecule has 1 aromatic rings. The summed E-state index contributed by atoms with van der Waals surface area (Å²) in [6, 6.07) is 10.7. The summed E-state index contributed by atoms with van der Waals surface area (Å²) in [7, 11) is 0. The van der Waals surface area contributed by atoms with Gasteiger partial charge in [0.25, 0.3) is 0 Å². The van der Waals surface area contributed by atoms with E-state index in [2.05, 4.69) is 53.9 Å². The van der Waals surface area contributed by atoms with Gasteiger partial charge in [-0.05, 0) is 5.56 Å². The molecule has 2 N–H and O–H groups in total. The fraction of sp³-hybridized carbons (Fsp3) is 0.571. The molecule has 1 fully saturated rings. The van der Waals surface area contributed by atoms with Gasteiger partial charge < -0.3 is 10.6 Å². The first-order valence-corrected chi connectivity index (χ1v) is 7.43. The molecule has 0 aromatic heterocycles. The van der Waals surface area contributed by atoms with Crippen molar-refractivity contribution in [3.8, 4) is 0 Å². The summed E-state index contributed by atoms with van der Waals surface area (Å²) in [5.74, 6) is 1.74. The summed E-state index contributed by atoms with van der Waals surface area (Å²) in [4.78, 5) is 2.56. The molecule has 0 radical (unpaired) electrons. The Bertz CT molecular complexity index is 328. The van der Waals surface area contributed by atoms with Gasteiger partial charge in [0.05, 0.1) is 0 Å². The van der Waals surface area contributed by atoms with Crippen molar-refractivity contribution in [2.45, 2.75) is 18.1 Å². The Labute approximate surface area is 109 Å². The topological polar surface area (TPSA) is 29.3 Å². The van der Waals surface area contributed by atoms with Gasteiger partial charge in [0, 0.05) is 43.1 Å². The maximum absolute atomic E-state index is 5.92. The minimum Gasteiger partial charge on any atom is -0.330 e. The molecular formula is C14H22N2S. The van der Waals surface area contributed by atoms with Gasteiger partial charge in [0.2, 0.25) is 0 Å². The summed E-state index contributed by atoms with van der Waals surface area (Å²) < 4.78 is 0. The van der Waals surface area contributed by atoms with Crippen molar-refractivity contribution < 1.29 is 0 Å². The van der Waals surface area contributed by atoms with Crippen LogP contribution in [-0.4, -0.2) is 42.1 Å². The van der Waals surface area contributed by atoms with Crippen LogP contribution < -0.4 is 5.73 Å². The molecule has 0 saturated carbocycles. The average molecular weight is 250 g/mol. The Morgan fingerprint density at radius 2 is 2.18 bits per heavy atom. The lowest BCUT2D eigenvalue weighted by atomic mass is 9.98. The van der Waals surface area contributed by atoms with Gasteiger partial charge in [0.15, 0.2) is 0 Å². The van der Waals surface area contributed by atoms with E-state index in [4.69, 9.17) is 5.73 Å². The third kappa shape index (κ3) is 3.73. The summed E-state index contributed by atoms with van der Waals surface area (Å²) in [5.41, 5.74) is 7.30. The molecule has 2 atom stereocenters. The van der Waals surface area contributed by atoms with Gasteiger partial charge in [-0.25, -0.2) is 0 Å². The monoisotopic (exact) mass is 250 g/mol. The third-order valence-corrected chi connectivity index (χ3v) is 4.50. The number of nitrogens with zero attached hydrogens (tertiary/aromatic N) is 1. The molecule has 94 valence electrons. The number of thioether (sulfide) groups is 1. The molecule has 1 aromatic carbocycles. The molecule has 1 heterocycles. The average Bonchev–Trinajstić information content (AvgIpc) is 2.37. The highest BCUT2D eigenvalue weighted by Gasteiger charge is 2.20. The van der Waals surface area contributed by atoms with Gasteiger partial charge in [-0.15, -0.1) is 0 Å². The lowest BCUT2D eigenvalue weighted by molar-refractivity contribution is 0.269. The number of rotatable bonds is 4. The molecule has 3 heteroatoms. The lowest BCUT2D eigenvalue weighted by Gasteiger charge is -2.33. The van der Waals surface area contributed by atoms with E-state index in [-0.39, 0.29) is 0 Å². The largest absolute Gasteiger partial charge is 0.330 e. The Morgan fingerprint density at radius 3 is 2.82 bits per heavy atom. The minimum atomic E-state index is 0.478. The molecule has 0 aliphatic carbocycles. The second-order valence-corrected chi connectivity index (χ2v) is 6.33. The van der Waals surface area contributed by atoms with Crippen molar-refractivity contribution in [3.05, 3.63) is 35.9 Å². The highest BCUT2D eigenvalue weighted by atomic mass is 32.2. The van der Waals surface area contributed by atoms with Crippen LogP contribution in [0.1, 0.15) is 18.4 Å².